The summed E-state index contributed by atoms with van der Waals surface area (Å²) in [6.07, 6.45) is 1.72. The molecule has 0 unspecified atom stereocenters. The van der Waals surface area contributed by atoms with Crippen LogP contribution in [0.1, 0.15) is 40.7 Å². The van der Waals surface area contributed by atoms with Gasteiger partial charge in [-0.2, -0.15) is 5.10 Å². The highest BCUT2D eigenvalue weighted by atomic mass is 16.2. The number of nitrogens with zero attached hydrogens (tertiary/aromatic N) is 3. The first kappa shape index (κ1) is 17.1. The number of aromatic nitrogens is 2. The zero-order chi connectivity index (χ0) is 19.0. The monoisotopic (exact) mass is 360 g/mol. The van der Waals surface area contributed by atoms with Crippen molar-refractivity contribution in [2.24, 2.45) is 5.10 Å². The lowest BCUT2D eigenvalue weighted by Gasteiger charge is -2.07. The van der Waals surface area contributed by atoms with E-state index in [2.05, 4.69) is 15.5 Å². The highest BCUT2D eigenvalue weighted by Crippen LogP contribution is 2.16. The number of nitrogens with one attached hydrogen (secondary N) is 1. The molecule has 27 heavy (non-hydrogen) atoms. The molecule has 0 fully saturated rings. The molecule has 3 aromatic rings. The molecule has 4 rings (SSSR count). The van der Waals surface area contributed by atoms with E-state index in [1.165, 1.54) is 5.56 Å². The van der Waals surface area contributed by atoms with Gasteiger partial charge >= 0.3 is 0 Å². The summed E-state index contributed by atoms with van der Waals surface area (Å²) < 4.78 is 1.72. The van der Waals surface area contributed by atoms with Gasteiger partial charge in [0.25, 0.3) is 11.5 Å². The third-order valence-electron chi connectivity index (χ3n) is 4.87. The van der Waals surface area contributed by atoms with Crippen LogP contribution in [0.2, 0.25) is 0 Å². The van der Waals surface area contributed by atoms with Crippen LogP contribution in [-0.2, 0) is 13.0 Å². The van der Waals surface area contributed by atoms with Crippen LogP contribution in [0.25, 0.3) is 10.9 Å². The van der Waals surface area contributed by atoms with Crippen LogP contribution in [0.15, 0.2) is 52.4 Å². The summed E-state index contributed by atoms with van der Waals surface area (Å²) in [5, 5.41) is 4.73. The summed E-state index contributed by atoms with van der Waals surface area (Å²) in [7, 11) is 0. The first-order chi connectivity index (χ1) is 13.0. The van der Waals surface area contributed by atoms with Gasteiger partial charge in [-0.1, -0.05) is 29.8 Å². The Morgan fingerprint density at radius 1 is 1.15 bits per heavy atom. The number of hydrogen-bond acceptors (Lipinski definition) is 4. The first-order valence-electron chi connectivity index (χ1n) is 8.98. The van der Waals surface area contributed by atoms with Gasteiger partial charge in [-0.25, -0.2) is 10.4 Å². The molecule has 0 saturated heterocycles. The standard InChI is InChI=1S/C21H20N4O2/c1-13-5-7-15(8-6-13)14(2)23-24-20(26)16-9-10-17-18(12-16)22-19-4-3-11-25(19)21(17)27/h5-10,12H,3-4,11H2,1-2H3,(H,24,26)/b23-14-. The fraction of sp³-hybridized carbons (Fsp3) is 0.238. The molecule has 2 heterocycles. The van der Waals surface area contributed by atoms with Gasteiger partial charge in [0.2, 0.25) is 0 Å². The summed E-state index contributed by atoms with van der Waals surface area (Å²) in [5.74, 6) is 0.462. The predicted octanol–water partition coefficient (Wildman–Crippen LogP) is 2.81. The van der Waals surface area contributed by atoms with E-state index in [4.69, 9.17) is 0 Å². The minimum absolute atomic E-state index is 0.0345. The average Bonchev–Trinajstić information content (AvgIpc) is 3.15. The lowest BCUT2D eigenvalue weighted by Crippen LogP contribution is -2.22. The normalized spacial score (nSPS) is 13.6. The van der Waals surface area contributed by atoms with Gasteiger partial charge in [-0.15, -0.1) is 0 Å². The second-order valence-corrected chi connectivity index (χ2v) is 6.82. The van der Waals surface area contributed by atoms with Gasteiger partial charge < -0.3 is 0 Å². The van der Waals surface area contributed by atoms with Gasteiger partial charge in [0.1, 0.15) is 5.82 Å². The molecule has 1 aliphatic heterocycles. The van der Waals surface area contributed by atoms with Gasteiger partial charge in [-0.3, -0.25) is 14.2 Å². The van der Waals surface area contributed by atoms with E-state index in [-0.39, 0.29) is 11.5 Å². The number of amides is 1. The smallest absolute Gasteiger partial charge is 0.271 e. The Bertz CT molecular complexity index is 1130. The Labute approximate surface area is 156 Å². The second-order valence-electron chi connectivity index (χ2n) is 6.82. The number of aryl methyl sites for hydroxylation is 2. The van der Waals surface area contributed by atoms with Crippen molar-refractivity contribution < 1.29 is 4.79 Å². The Morgan fingerprint density at radius 3 is 2.67 bits per heavy atom. The highest BCUT2D eigenvalue weighted by molar-refractivity contribution is 6.01. The fourth-order valence-electron chi connectivity index (χ4n) is 3.28. The molecule has 1 amide bonds. The SMILES string of the molecule is C/C(=N/NC(=O)c1ccc2c(=O)n3c(nc2c1)CCC3)c1ccc(C)cc1. The summed E-state index contributed by atoms with van der Waals surface area (Å²) in [6, 6.07) is 12.9. The number of benzene rings is 2. The molecule has 0 saturated carbocycles. The maximum atomic E-state index is 12.5. The van der Waals surface area contributed by atoms with E-state index in [9.17, 15) is 9.59 Å². The second kappa shape index (κ2) is 6.79. The quantitative estimate of drug-likeness (QED) is 0.576. The van der Waals surface area contributed by atoms with Gasteiger partial charge in [0.15, 0.2) is 0 Å². The first-order valence-corrected chi connectivity index (χ1v) is 8.98. The van der Waals surface area contributed by atoms with Crippen molar-refractivity contribution in [3.63, 3.8) is 0 Å². The molecule has 1 aromatic heterocycles. The summed E-state index contributed by atoms with van der Waals surface area (Å²) in [4.78, 5) is 29.5. The Kier molecular flexibility index (Phi) is 4.32. The number of hydrogen-bond donors (Lipinski definition) is 1. The molecule has 0 aliphatic carbocycles. The van der Waals surface area contributed by atoms with Crippen LogP contribution in [0.4, 0.5) is 0 Å². The summed E-state index contributed by atoms with van der Waals surface area (Å²) in [5.41, 5.74) is 6.37. The number of carbonyl (C=O) groups is 1. The van der Waals surface area contributed by atoms with Crippen LogP contribution in [-0.4, -0.2) is 21.2 Å². The van der Waals surface area contributed by atoms with E-state index in [1.807, 2.05) is 38.1 Å². The minimum atomic E-state index is -0.328. The van der Waals surface area contributed by atoms with Crippen LogP contribution >= 0.6 is 0 Å². The number of hydrazone groups is 1. The summed E-state index contributed by atoms with van der Waals surface area (Å²) in [6.45, 7) is 4.58. The molecule has 0 bridgehead atoms. The van der Waals surface area contributed by atoms with Crippen molar-refractivity contribution in [2.75, 3.05) is 0 Å². The van der Waals surface area contributed by atoms with Gasteiger partial charge in [-0.05, 0) is 44.0 Å². The van der Waals surface area contributed by atoms with Gasteiger partial charge in [0.05, 0.1) is 16.6 Å². The number of carbonyl (C=O) groups excluding carboxylic acids is 1. The van der Waals surface area contributed by atoms with Crippen molar-refractivity contribution in [2.45, 2.75) is 33.2 Å². The molecule has 6 heteroatoms. The topological polar surface area (TPSA) is 76.3 Å². The van der Waals surface area contributed by atoms with Crippen LogP contribution in [0.3, 0.4) is 0 Å². The van der Waals surface area contributed by atoms with E-state index < -0.39 is 0 Å². The molecule has 0 spiro atoms. The van der Waals surface area contributed by atoms with E-state index in [0.717, 1.165) is 29.9 Å². The van der Waals surface area contributed by atoms with Crippen LogP contribution in [0.5, 0.6) is 0 Å². The maximum absolute atomic E-state index is 12.5. The third kappa shape index (κ3) is 3.26. The molecule has 2 aromatic carbocycles. The fourth-order valence-corrected chi connectivity index (χ4v) is 3.28. The molecular formula is C21H20N4O2. The maximum Gasteiger partial charge on any atom is 0.271 e. The predicted molar refractivity (Wildman–Crippen MR) is 105 cm³/mol. The molecular weight excluding hydrogens is 340 g/mol. The molecule has 6 nitrogen and oxygen atoms in total. The Hall–Kier alpha value is -3.28. The van der Waals surface area contributed by atoms with Crippen molar-refractivity contribution in [3.8, 4) is 0 Å². The zero-order valence-electron chi connectivity index (χ0n) is 15.3. The number of fused-ring (bicyclic) bond motifs is 2. The van der Waals surface area contributed by atoms with E-state index >= 15 is 0 Å². The molecule has 136 valence electrons. The summed E-state index contributed by atoms with van der Waals surface area (Å²) >= 11 is 0. The van der Waals surface area contributed by atoms with Crippen molar-refractivity contribution >= 4 is 22.5 Å². The van der Waals surface area contributed by atoms with Crippen LogP contribution < -0.4 is 11.0 Å². The van der Waals surface area contributed by atoms with Crippen molar-refractivity contribution in [3.05, 3.63) is 75.3 Å². The lowest BCUT2D eigenvalue weighted by atomic mass is 10.1. The molecule has 1 aliphatic rings. The zero-order valence-corrected chi connectivity index (χ0v) is 15.3. The van der Waals surface area contributed by atoms with Crippen molar-refractivity contribution in [1.29, 1.82) is 0 Å². The van der Waals surface area contributed by atoms with E-state index in [0.29, 0.717) is 23.0 Å². The van der Waals surface area contributed by atoms with Crippen LogP contribution in [0, 0.1) is 6.92 Å². The average molecular weight is 360 g/mol. The lowest BCUT2D eigenvalue weighted by molar-refractivity contribution is 0.0955. The number of rotatable bonds is 3. The third-order valence-corrected chi connectivity index (χ3v) is 4.87. The Balaban J connectivity index is 1.59. The van der Waals surface area contributed by atoms with E-state index in [1.54, 1.807) is 22.8 Å². The highest BCUT2D eigenvalue weighted by Gasteiger charge is 2.17. The van der Waals surface area contributed by atoms with Gasteiger partial charge in [0, 0.05) is 18.5 Å². The van der Waals surface area contributed by atoms with Crippen molar-refractivity contribution in [1.82, 2.24) is 15.0 Å². The minimum Gasteiger partial charge on any atom is -0.296 e. The molecule has 1 N–H and O–H groups in total. The Morgan fingerprint density at radius 2 is 1.89 bits per heavy atom. The molecule has 0 radical (unpaired) electrons. The largest absolute Gasteiger partial charge is 0.296 e. The molecule has 0 atom stereocenters.